The number of hydrogen-bond donors (Lipinski definition) is 2. The summed E-state index contributed by atoms with van der Waals surface area (Å²) in [7, 11) is 0. The van der Waals surface area contributed by atoms with Crippen molar-refractivity contribution >= 4 is 35.6 Å². The van der Waals surface area contributed by atoms with Gasteiger partial charge in [-0.1, -0.05) is 24.3 Å². The first kappa shape index (κ1) is 18.4. The fourth-order valence-electron chi connectivity index (χ4n) is 2.46. The molecule has 128 valence electrons. The second-order valence-corrected chi connectivity index (χ2v) is 5.49. The predicted octanol–water partition coefficient (Wildman–Crippen LogP) is 3.70. The summed E-state index contributed by atoms with van der Waals surface area (Å²) in [5.41, 5.74) is 9.04. The molecule has 0 aliphatic carbocycles. The van der Waals surface area contributed by atoms with E-state index in [0.717, 1.165) is 29.2 Å². The van der Waals surface area contributed by atoms with Crippen LogP contribution in [-0.2, 0) is 6.54 Å². The van der Waals surface area contributed by atoms with Gasteiger partial charge in [0.25, 0.3) is 0 Å². The van der Waals surface area contributed by atoms with Crippen molar-refractivity contribution in [3.8, 4) is 11.5 Å². The van der Waals surface area contributed by atoms with Gasteiger partial charge in [-0.25, -0.2) is 4.99 Å². The lowest BCUT2D eigenvalue weighted by Crippen LogP contribution is -2.22. The van der Waals surface area contributed by atoms with E-state index in [0.29, 0.717) is 25.7 Å². The number of para-hydroxylation sites is 1. The molecule has 3 N–H and O–H groups in total. The highest BCUT2D eigenvalue weighted by atomic mass is 127. The molecule has 3 rings (SSSR count). The molecule has 0 bridgehead atoms. The van der Waals surface area contributed by atoms with Crippen LogP contribution in [0.4, 0.5) is 5.69 Å². The Kier molecular flexibility index (Phi) is 6.72. The van der Waals surface area contributed by atoms with Gasteiger partial charge in [0.2, 0.25) is 0 Å². The van der Waals surface area contributed by atoms with Crippen LogP contribution < -0.4 is 20.5 Å². The summed E-state index contributed by atoms with van der Waals surface area (Å²) in [5.74, 6) is 1.93. The molecule has 0 saturated carbocycles. The van der Waals surface area contributed by atoms with Gasteiger partial charge in [0, 0.05) is 17.7 Å². The van der Waals surface area contributed by atoms with Gasteiger partial charge in [-0.3, -0.25) is 0 Å². The van der Waals surface area contributed by atoms with Crippen molar-refractivity contribution in [2.75, 3.05) is 18.5 Å². The average Bonchev–Trinajstić information content (AvgIpc) is 2.78. The minimum atomic E-state index is 0. The van der Waals surface area contributed by atoms with Crippen LogP contribution in [0.3, 0.4) is 0 Å². The van der Waals surface area contributed by atoms with E-state index in [2.05, 4.69) is 10.3 Å². The number of nitrogens with one attached hydrogen (secondary N) is 1. The van der Waals surface area contributed by atoms with Crippen molar-refractivity contribution in [3.63, 3.8) is 0 Å². The van der Waals surface area contributed by atoms with Crippen LogP contribution >= 0.6 is 24.0 Å². The van der Waals surface area contributed by atoms with E-state index in [9.17, 15) is 0 Å². The third-order valence-corrected chi connectivity index (χ3v) is 3.56. The van der Waals surface area contributed by atoms with Crippen LogP contribution in [0.5, 0.6) is 11.5 Å². The van der Waals surface area contributed by atoms with Gasteiger partial charge in [-0.05, 0) is 30.7 Å². The minimum Gasteiger partial charge on any atom is -0.490 e. The fraction of sp³-hybridized carbons (Fsp3) is 0.278. The summed E-state index contributed by atoms with van der Waals surface area (Å²) in [4.78, 5) is 4.41. The summed E-state index contributed by atoms with van der Waals surface area (Å²) in [6, 6.07) is 13.8. The lowest BCUT2D eigenvalue weighted by Gasteiger charge is -2.11. The lowest BCUT2D eigenvalue weighted by molar-refractivity contribution is 0.296. The summed E-state index contributed by atoms with van der Waals surface area (Å²) in [6.07, 6.45) is 0.883. The third-order valence-electron chi connectivity index (χ3n) is 3.56. The molecular formula is C18H22IN3O2. The van der Waals surface area contributed by atoms with Crippen molar-refractivity contribution < 1.29 is 9.47 Å². The maximum Gasteiger partial charge on any atom is 0.193 e. The Morgan fingerprint density at radius 1 is 1.17 bits per heavy atom. The van der Waals surface area contributed by atoms with E-state index < -0.39 is 0 Å². The molecule has 1 aliphatic heterocycles. The van der Waals surface area contributed by atoms with Gasteiger partial charge in [0.15, 0.2) is 17.5 Å². The van der Waals surface area contributed by atoms with Crippen molar-refractivity contribution in [3.05, 3.63) is 53.6 Å². The number of benzene rings is 2. The molecule has 0 fully saturated rings. The number of halogens is 1. The summed E-state index contributed by atoms with van der Waals surface area (Å²) >= 11 is 0. The number of fused-ring (bicyclic) bond motifs is 1. The first-order chi connectivity index (χ1) is 11.2. The topological polar surface area (TPSA) is 68.9 Å². The molecule has 0 spiro atoms. The molecule has 0 atom stereocenters. The molecule has 0 aromatic heterocycles. The Bertz CT molecular complexity index is 719. The summed E-state index contributed by atoms with van der Waals surface area (Å²) < 4.78 is 11.5. The Morgan fingerprint density at radius 3 is 2.79 bits per heavy atom. The highest BCUT2D eigenvalue weighted by molar-refractivity contribution is 14.0. The van der Waals surface area contributed by atoms with E-state index in [1.165, 1.54) is 5.56 Å². The van der Waals surface area contributed by atoms with E-state index in [1.54, 1.807) is 0 Å². The van der Waals surface area contributed by atoms with Crippen molar-refractivity contribution in [2.24, 2.45) is 10.7 Å². The molecule has 1 aliphatic rings. The third kappa shape index (κ3) is 4.77. The van der Waals surface area contributed by atoms with E-state index in [-0.39, 0.29) is 24.0 Å². The number of aliphatic imine (C=N–C) groups is 1. The highest BCUT2D eigenvalue weighted by Crippen LogP contribution is 2.33. The SMILES string of the molecule is Cc1cccc(NC(N)=NCc2cccc3c2OCCCO3)c1.I. The van der Waals surface area contributed by atoms with Gasteiger partial charge >= 0.3 is 0 Å². The van der Waals surface area contributed by atoms with Gasteiger partial charge < -0.3 is 20.5 Å². The first-order valence-corrected chi connectivity index (χ1v) is 7.73. The molecule has 0 radical (unpaired) electrons. The second kappa shape index (κ2) is 8.77. The Hall–Kier alpha value is -1.96. The van der Waals surface area contributed by atoms with Crippen molar-refractivity contribution in [2.45, 2.75) is 19.9 Å². The molecule has 2 aromatic carbocycles. The Balaban J connectivity index is 0.00000208. The molecule has 0 unspecified atom stereocenters. The van der Waals surface area contributed by atoms with Crippen molar-refractivity contribution in [1.82, 2.24) is 0 Å². The largest absolute Gasteiger partial charge is 0.490 e. The summed E-state index contributed by atoms with van der Waals surface area (Å²) in [5, 5.41) is 3.10. The number of anilines is 1. The first-order valence-electron chi connectivity index (χ1n) is 7.73. The Morgan fingerprint density at radius 2 is 1.96 bits per heavy atom. The number of nitrogens with two attached hydrogens (primary N) is 1. The van der Waals surface area contributed by atoms with Crippen LogP contribution in [0.15, 0.2) is 47.5 Å². The van der Waals surface area contributed by atoms with Gasteiger partial charge in [0.05, 0.1) is 19.8 Å². The van der Waals surface area contributed by atoms with E-state index in [1.807, 2.05) is 49.4 Å². The number of nitrogens with zero attached hydrogens (tertiary/aromatic N) is 1. The maximum atomic E-state index is 5.98. The molecular weight excluding hydrogens is 417 g/mol. The minimum absolute atomic E-state index is 0. The molecule has 0 amide bonds. The number of rotatable bonds is 3. The monoisotopic (exact) mass is 439 g/mol. The van der Waals surface area contributed by atoms with Crippen LogP contribution in [-0.4, -0.2) is 19.2 Å². The average molecular weight is 439 g/mol. The smallest absolute Gasteiger partial charge is 0.193 e. The maximum absolute atomic E-state index is 5.98. The molecule has 24 heavy (non-hydrogen) atoms. The zero-order valence-electron chi connectivity index (χ0n) is 13.6. The fourth-order valence-corrected chi connectivity index (χ4v) is 2.46. The standard InChI is InChI=1S/C18H21N3O2.HI/c1-13-5-2-7-15(11-13)21-18(19)20-12-14-6-3-8-16-17(14)23-10-4-9-22-16;/h2-3,5-8,11H,4,9-10,12H2,1H3,(H3,19,20,21);1H. The van der Waals surface area contributed by atoms with Gasteiger partial charge in [-0.2, -0.15) is 0 Å². The highest BCUT2D eigenvalue weighted by Gasteiger charge is 2.14. The zero-order chi connectivity index (χ0) is 16.1. The number of aryl methyl sites for hydroxylation is 1. The van der Waals surface area contributed by atoms with Crippen molar-refractivity contribution in [1.29, 1.82) is 0 Å². The van der Waals surface area contributed by atoms with Crippen LogP contribution in [0, 0.1) is 6.92 Å². The molecule has 0 saturated heterocycles. The molecule has 1 heterocycles. The molecule has 5 nitrogen and oxygen atoms in total. The van der Waals surface area contributed by atoms with Crippen LogP contribution in [0.1, 0.15) is 17.5 Å². The predicted molar refractivity (Wildman–Crippen MR) is 108 cm³/mol. The summed E-state index contributed by atoms with van der Waals surface area (Å²) in [6.45, 7) is 3.81. The van der Waals surface area contributed by atoms with E-state index in [4.69, 9.17) is 15.2 Å². The lowest BCUT2D eigenvalue weighted by atomic mass is 10.2. The number of hydrogen-bond acceptors (Lipinski definition) is 3. The Labute approximate surface area is 159 Å². The quantitative estimate of drug-likeness (QED) is 0.435. The van der Waals surface area contributed by atoms with Gasteiger partial charge in [-0.15, -0.1) is 24.0 Å². The van der Waals surface area contributed by atoms with Gasteiger partial charge in [0.1, 0.15) is 0 Å². The molecule has 2 aromatic rings. The zero-order valence-corrected chi connectivity index (χ0v) is 15.9. The van der Waals surface area contributed by atoms with Crippen LogP contribution in [0.25, 0.3) is 0 Å². The number of ether oxygens (including phenoxy) is 2. The second-order valence-electron chi connectivity index (χ2n) is 5.49. The van der Waals surface area contributed by atoms with Crippen LogP contribution in [0.2, 0.25) is 0 Å². The number of guanidine groups is 1. The molecule has 6 heteroatoms. The normalized spacial score (nSPS) is 13.6. The van der Waals surface area contributed by atoms with E-state index >= 15 is 0 Å².